The molecule has 1 aromatic carbocycles. The molecule has 2 N–H and O–H groups in total. The summed E-state index contributed by atoms with van der Waals surface area (Å²) in [5.41, 5.74) is 3.10. The van der Waals surface area contributed by atoms with Crippen molar-refractivity contribution in [1.82, 2.24) is 5.32 Å². The summed E-state index contributed by atoms with van der Waals surface area (Å²) in [6.45, 7) is 2.51. The van der Waals surface area contributed by atoms with Gasteiger partial charge in [-0.05, 0) is 48.4 Å². The first kappa shape index (κ1) is 15.1. The average molecular weight is 356 g/mol. The third kappa shape index (κ3) is 2.39. The fraction of sp³-hybridized carbons (Fsp3) is 0.421. The second kappa shape index (κ2) is 5.66. The standard InChI is InChI=1S/C19H20N2O3S/c1-2-10-3-5-12-15(7-10)25-19-16(12)18(22)20-17(21-19)11-4-6-13-14(8-11)24-9-23-13/h4,6,8,10,17,21H,2-3,5,7,9H2,1H3,(H,20,22)/t10-,17-/m1/s1. The number of ether oxygens (including phenoxy) is 2. The number of carbonyl (C=O) groups is 1. The van der Waals surface area contributed by atoms with Gasteiger partial charge in [-0.15, -0.1) is 11.3 Å². The van der Waals surface area contributed by atoms with Crippen LogP contribution in [0.5, 0.6) is 11.5 Å². The van der Waals surface area contributed by atoms with Crippen molar-refractivity contribution in [3.63, 3.8) is 0 Å². The van der Waals surface area contributed by atoms with E-state index >= 15 is 0 Å². The van der Waals surface area contributed by atoms with Gasteiger partial charge in [0.2, 0.25) is 6.79 Å². The summed E-state index contributed by atoms with van der Waals surface area (Å²) < 4.78 is 10.8. The molecule has 1 aromatic heterocycles. The van der Waals surface area contributed by atoms with Crippen molar-refractivity contribution in [1.29, 1.82) is 0 Å². The lowest BCUT2D eigenvalue weighted by Gasteiger charge is -2.27. The number of fused-ring (bicyclic) bond motifs is 4. The number of amides is 1. The number of hydrogen-bond acceptors (Lipinski definition) is 5. The first-order chi connectivity index (χ1) is 12.2. The number of thiophene rings is 1. The molecule has 25 heavy (non-hydrogen) atoms. The summed E-state index contributed by atoms with van der Waals surface area (Å²) in [6.07, 6.45) is 4.28. The number of nitrogens with one attached hydrogen (secondary N) is 2. The maximum absolute atomic E-state index is 12.8. The molecule has 0 spiro atoms. The highest BCUT2D eigenvalue weighted by atomic mass is 32.1. The zero-order valence-corrected chi connectivity index (χ0v) is 14.9. The minimum Gasteiger partial charge on any atom is -0.454 e. The van der Waals surface area contributed by atoms with Crippen molar-refractivity contribution in [2.75, 3.05) is 12.1 Å². The largest absolute Gasteiger partial charge is 0.454 e. The highest BCUT2D eigenvalue weighted by molar-refractivity contribution is 7.16. The van der Waals surface area contributed by atoms with Crippen LogP contribution >= 0.6 is 11.3 Å². The zero-order valence-electron chi connectivity index (χ0n) is 14.1. The van der Waals surface area contributed by atoms with Gasteiger partial charge < -0.3 is 20.1 Å². The molecule has 0 saturated heterocycles. The van der Waals surface area contributed by atoms with Crippen molar-refractivity contribution in [2.45, 2.75) is 38.8 Å². The Balaban J connectivity index is 1.47. The van der Waals surface area contributed by atoms with Gasteiger partial charge in [-0.2, -0.15) is 0 Å². The van der Waals surface area contributed by atoms with Gasteiger partial charge in [-0.25, -0.2) is 0 Å². The van der Waals surface area contributed by atoms with Crippen LogP contribution in [-0.4, -0.2) is 12.7 Å². The molecule has 0 radical (unpaired) electrons. The van der Waals surface area contributed by atoms with Crippen LogP contribution < -0.4 is 20.1 Å². The Bertz CT molecular complexity index is 861. The quantitative estimate of drug-likeness (QED) is 0.858. The van der Waals surface area contributed by atoms with Crippen LogP contribution in [0.4, 0.5) is 5.00 Å². The smallest absolute Gasteiger partial charge is 0.256 e. The molecule has 3 heterocycles. The molecule has 6 heteroatoms. The van der Waals surface area contributed by atoms with Gasteiger partial charge in [0.1, 0.15) is 11.2 Å². The van der Waals surface area contributed by atoms with E-state index in [4.69, 9.17) is 9.47 Å². The van der Waals surface area contributed by atoms with E-state index in [1.165, 1.54) is 23.3 Å². The summed E-state index contributed by atoms with van der Waals surface area (Å²) in [7, 11) is 0. The van der Waals surface area contributed by atoms with Crippen LogP contribution in [0.1, 0.15) is 52.3 Å². The predicted octanol–water partition coefficient (Wildman–Crippen LogP) is 3.85. The number of hydrogen-bond donors (Lipinski definition) is 2. The van der Waals surface area contributed by atoms with Crippen LogP contribution in [0.15, 0.2) is 18.2 Å². The van der Waals surface area contributed by atoms with Crippen molar-refractivity contribution in [3.8, 4) is 11.5 Å². The van der Waals surface area contributed by atoms with Crippen LogP contribution in [0.25, 0.3) is 0 Å². The Kier molecular flexibility index (Phi) is 3.41. The summed E-state index contributed by atoms with van der Waals surface area (Å²) in [5.74, 6) is 2.27. The zero-order chi connectivity index (χ0) is 17.0. The second-order valence-electron chi connectivity index (χ2n) is 6.89. The third-order valence-electron chi connectivity index (χ3n) is 5.45. The van der Waals surface area contributed by atoms with Crippen molar-refractivity contribution in [3.05, 3.63) is 39.8 Å². The molecule has 2 aliphatic heterocycles. The fourth-order valence-electron chi connectivity index (χ4n) is 3.97. The molecular formula is C19H20N2O3S. The Morgan fingerprint density at radius 1 is 1.24 bits per heavy atom. The molecule has 3 aliphatic rings. The molecule has 1 aliphatic carbocycles. The van der Waals surface area contributed by atoms with E-state index in [-0.39, 0.29) is 18.9 Å². The number of anilines is 1. The SMILES string of the molecule is CC[C@@H]1CCc2c(sc3c2C(=O)N[C@@H](c2ccc4c(c2)OCO4)N3)C1. The summed E-state index contributed by atoms with van der Waals surface area (Å²) in [6, 6.07) is 5.80. The van der Waals surface area contributed by atoms with E-state index < -0.39 is 0 Å². The van der Waals surface area contributed by atoms with Gasteiger partial charge in [-0.3, -0.25) is 4.79 Å². The molecule has 2 atom stereocenters. The summed E-state index contributed by atoms with van der Waals surface area (Å²) in [4.78, 5) is 14.2. The lowest BCUT2D eigenvalue weighted by Crippen LogP contribution is -2.38. The van der Waals surface area contributed by atoms with Crippen LogP contribution in [0.2, 0.25) is 0 Å². The Hall–Kier alpha value is -2.21. The molecule has 130 valence electrons. The minimum absolute atomic E-state index is 0.0314. The van der Waals surface area contributed by atoms with E-state index in [9.17, 15) is 4.79 Å². The monoisotopic (exact) mass is 356 g/mol. The van der Waals surface area contributed by atoms with Crippen molar-refractivity contribution >= 4 is 22.2 Å². The molecule has 0 bridgehead atoms. The molecule has 5 nitrogen and oxygen atoms in total. The van der Waals surface area contributed by atoms with Crippen LogP contribution in [0.3, 0.4) is 0 Å². The van der Waals surface area contributed by atoms with E-state index in [1.54, 1.807) is 11.3 Å². The molecule has 0 saturated carbocycles. The first-order valence-corrected chi connectivity index (χ1v) is 9.66. The molecule has 0 fully saturated rings. The predicted molar refractivity (Wildman–Crippen MR) is 96.5 cm³/mol. The van der Waals surface area contributed by atoms with Gasteiger partial charge in [0, 0.05) is 4.88 Å². The number of benzene rings is 1. The normalized spacial score (nSPS) is 23.5. The number of rotatable bonds is 2. The van der Waals surface area contributed by atoms with Gasteiger partial charge in [-0.1, -0.05) is 19.4 Å². The highest BCUT2D eigenvalue weighted by Crippen LogP contribution is 2.43. The van der Waals surface area contributed by atoms with E-state index in [2.05, 4.69) is 17.6 Å². The van der Waals surface area contributed by atoms with Crippen LogP contribution in [0, 0.1) is 5.92 Å². The maximum Gasteiger partial charge on any atom is 0.256 e. The molecule has 1 amide bonds. The minimum atomic E-state index is -0.239. The van der Waals surface area contributed by atoms with Gasteiger partial charge in [0.25, 0.3) is 5.91 Å². The summed E-state index contributed by atoms with van der Waals surface area (Å²) in [5, 5.41) is 7.62. The second-order valence-corrected chi connectivity index (χ2v) is 7.99. The molecule has 5 rings (SSSR count). The first-order valence-electron chi connectivity index (χ1n) is 8.84. The highest BCUT2D eigenvalue weighted by Gasteiger charge is 2.33. The summed E-state index contributed by atoms with van der Waals surface area (Å²) >= 11 is 1.76. The fourth-order valence-corrected chi connectivity index (χ4v) is 5.36. The maximum atomic E-state index is 12.8. The molecule has 2 aromatic rings. The van der Waals surface area contributed by atoms with E-state index in [1.807, 2.05) is 18.2 Å². The molecule has 0 unspecified atom stereocenters. The van der Waals surface area contributed by atoms with Crippen LogP contribution in [-0.2, 0) is 12.8 Å². The van der Waals surface area contributed by atoms with Gasteiger partial charge >= 0.3 is 0 Å². The topological polar surface area (TPSA) is 59.6 Å². The number of carbonyl (C=O) groups excluding carboxylic acids is 1. The lowest BCUT2D eigenvalue weighted by molar-refractivity contribution is 0.0935. The third-order valence-corrected chi connectivity index (χ3v) is 6.64. The lowest BCUT2D eigenvalue weighted by atomic mass is 9.85. The molecular weight excluding hydrogens is 336 g/mol. The van der Waals surface area contributed by atoms with E-state index in [0.29, 0.717) is 0 Å². The van der Waals surface area contributed by atoms with Crippen molar-refractivity contribution < 1.29 is 14.3 Å². The van der Waals surface area contributed by atoms with Crippen molar-refractivity contribution in [2.24, 2.45) is 5.92 Å². The Morgan fingerprint density at radius 3 is 3.00 bits per heavy atom. The van der Waals surface area contributed by atoms with Gasteiger partial charge in [0.05, 0.1) is 5.56 Å². The Morgan fingerprint density at radius 2 is 2.12 bits per heavy atom. The Labute approximate surface area is 150 Å². The van der Waals surface area contributed by atoms with Gasteiger partial charge in [0.15, 0.2) is 11.5 Å². The van der Waals surface area contributed by atoms with E-state index in [0.717, 1.165) is 46.4 Å². The average Bonchev–Trinajstić information content (AvgIpc) is 3.24.